The number of rotatable bonds is 4. The minimum absolute atomic E-state index is 0.195. The van der Waals surface area contributed by atoms with Crippen LogP contribution in [0.25, 0.3) is 0 Å². The van der Waals surface area contributed by atoms with E-state index in [2.05, 4.69) is 0 Å². The van der Waals surface area contributed by atoms with Gasteiger partial charge in [-0.15, -0.1) is 0 Å². The van der Waals surface area contributed by atoms with Gasteiger partial charge in [-0.3, -0.25) is 4.79 Å². The largest absolute Gasteiger partial charge is 0.507 e. The molecule has 5 heteroatoms. The van der Waals surface area contributed by atoms with Crippen LogP contribution >= 0.6 is 0 Å². The first-order valence-corrected chi connectivity index (χ1v) is 4.61. The van der Waals surface area contributed by atoms with Crippen LogP contribution in [0.1, 0.15) is 22.8 Å². The highest BCUT2D eigenvalue weighted by Gasteiger charge is 2.11. The topological polar surface area (TPSA) is 83.8 Å². The summed E-state index contributed by atoms with van der Waals surface area (Å²) >= 11 is 0. The molecule has 1 aromatic rings. The van der Waals surface area contributed by atoms with E-state index >= 15 is 0 Å². The van der Waals surface area contributed by atoms with Gasteiger partial charge >= 0.3 is 5.97 Å². The number of benzene rings is 1. The highest BCUT2D eigenvalue weighted by Crippen LogP contribution is 2.28. The van der Waals surface area contributed by atoms with Crippen LogP contribution in [0, 0.1) is 6.92 Å². The normalized spacial score (nSPS) is 9.88. The molecule has 16 heavy (non-hydrogen) atoms. The Labute approximate surface area is 92.3 Å². The number of hydrogen-bond acceptors (Lipinski definition) is 4. The molecule has 0 bridgehead atoms. The van der Waals surface area contributed by atoms with E-state index in [0.717, 1.165) is 0 Å². The summed E-state index contributed by atoms with van der Waals surface area (Å²) in [6.45, 7) is 2.52. The van der Waals surface area contributed by atoms with Gasteiger partial charge in [-0.2, -0.15) is 0 Å². The molecule has 1 aromatic carbocycles. The van der Waals surface area contributed by atoms with Crippen LogP contribution < -0.4 is 4.74 Å². The second-order valence-corrected chi connectivity index (χ2v) is 3.37. The van der Waals surface area contributed by atoms with Crippen molar-refractivity contribution in [2.45, 2.75) is 13.8 Å². The van der Waals surface area contributed by atoms with Crippen LogP contribution in [0.3, 0.4) is 0 Å². The molecule has 0 aliphatic carbocycles. The lowest BCUT2D eigenvalue weighted by Gasteiger charge is -2.09. The lowest BCUT2D eigenvalue weighted by atomic mass is 10.1. The number of carboxylic acid groups (broad SMARTS) is 1. The number of aryl methyl sites for hydroxylation is 1. The Morgan fingerprint density at radius 1 is 1.38 bits per heavy atom. The van der Waals surface area contributed by atoms with Gasteiger partial charge in [0.15, 0.2) is 12.4 Å². The molecule has 0 aliphatic heterocycles. The third-order valence-electron chi connectivity index (χ3n) is 2.02. The number of phenolic OH excluding ortho intramolecular Hbond substituents is 1. The summed E-state index contributed by atoms with van der Waals surface area (Å²) in [6, 6.07) is 2.71. The van der Waals surface area contributed by atoms with Crippen LogP contribution in [0.4, 0.5) is 0 Å². The predicted molar refractivity (Wildman–Crippen MR) is 56.0 cm³/mol. The van der Waals surface area contributed by atoms with Crippen molar-refractivity contribution in [1.82, 2.24) is 0 Å². The Kier molecular flexibility index (Phi) is 3.50. The fraction of sp³-hybridized carbons (Fsp3) is 0.273. The number of carboxylic acids is 1. The molecule has 0 heterocycles. The lowest BCUT2D eigenvalue weighted by Crippen LogP contribution is -2.10. The van der Waals surface area contributed by atoms with E-state index in [1.54, 1.807) is 6.92 Å². The van der Waals surface area contributed by atoms with Crippen LogP contribution in [0.15, 0.2) is 12.1 Å². The van der Waals surface area contributed by atoms with Gasteiger partial charge in [0.2, 0.25) is 0 Å². The maximum atomic E-state index is 11.1. The van der Waals surface area contributed by atoms with Crippen molar-refractivity contribution < 1.29 is 24.5 Å². The zero-order valence-corrected chi connectivity index (χ0v) is 8.98. The summed E-state index contributed by atoms with van der Waals surface area (Å²) < 4.78 is 4.94. The van der Waals surface area contributed by atoms with E-state index < -0.39 is 12.6 Å². The quantitative estimate of drug-likeness (QED) is 0.754. The van der Waals surface area contributed by atoms with Crippen molar-refractivity contribution in [3.63, 3.8) is 0 Å². The van der Waals surface area contributed by atoms with Crippen molar-refractivity contribution >= 4 is 11.8 Å². The molecule has 0 aromatic heterocycles. The van der Waals surface area contributed by atoms with Crippen molar-refractivity contribution in [1.29, 1.82) is 0 Å². The summed E-state index contributed by atoms with van der Waals surface area (Å²) in [6.07, 6.45) is 0. The first-order valence-electron chi connectivity index (χ1n) is 4.61. The first-order chi connectivity index (χ1) is 7.41. The predicted octanol–water partition coefficient (Wildman–Crippen LogP) is 1.37. The second kappa shape index (κ2) is 4.65. The van der Waals surface area contributed by atoms with Crippen molar-refractivity contribution in [2.24, 2.45) is 0 Å². The molecule has 5 nitrogen and oxygen atoms in total. The number of aliphatic carboxylic acids is 1. The average Bonchev–Trinajstić information content (AvgIpc) is 2.18. The third kappa shape index (κ3) is 2.73. The Morgan fingerprint density at radius 2 is 2.00 bits per heavy atom. The molecule has 0 radical (unpaired) electrons. The highest BCUT2D eigenvalue weighted by atomic mass is 16.5. The van der Waals surface area contributed by atoms with Crippen LogP contribution in [0.2, 0.25) is 0 Å². The standard InChI is InChI=1S/C11H12O5/c1-6-3-8(7(2)12)9(13)4-10(6)16-5-11(14)15/h3-4,13H,5H2,1-2H3,(H,14,15). The molecule has 0 unspecified atom stereocenters. The number of ketones is 1. The molecule has 0 saturated carbocycles. The smallest absolute Gasteiger partial charge is 0.341 e. The summed E-state index contributed by atoms with van der Waals surface area (Å²) in [4.78, 5) is 21.4. The van der Waals surface area contributed by atoms with Gasteiger partial charge < -0.3 is 14.9 Å². The van der Waals surface area contributed by atoms with E-state index in [1.165, 1.54) is 19.1 Å². The van der Waals surface area contributed by atoms with E-state index in [0.29, 0.717) is 5.56 Å². The van der Waals surface area contributed by atoms with Gasteiger partial charge in [0, 0.05) is 6.07 Å². The number of hydrogen-bond donors (Lipinski definition) is 2. The van der Waals surface area contributed by atoms with Crippen molar-refractivity contribution in [2.75, 3.05) is 6.61 Å². The summed E-state index contributed by atoms with van der Waals surface area (Å²) in [5.74, 6) is -1.32. The Hall–Kier alpha value is -2.04. The van der Waals surface area contributed by atoms with Gasteiger partial charge in [0.1, 0.15) is 11.5 Å². The molecule has 0 amide bonds. The number of ether oxygens (including phenoxy) is 1. The Morgan fingerprint density at radius 3 is 2.50 bits per heavy atom. The zero-order chi connectivity index (χ0) is 12.3. The SMILES string of the molecule is CC(=O)c1cc(C)c(OCC(=O)O)cc1O. The monoisotopic (exact) mass is 224 g/mol. The van der Waals surface area contributed by atoms with Gasteiger partial charge in [-0.25, -0.2) is 4.79 Å². The second-order valence-electron chi connectivity index (χ2n) is 3.37. The summed E-state index contributed by atoms with van der Waals surface area (Å²) in [5, 5.41) is 17.9. The maximum Gasteiger partial charge on any atom is 0.341 e. The van der Waals surface area contributed by atoms with E-state index in [4.69, 9.17) is 9.84 Å². The molecular formula is C11H12O5. The molecule has 0 aliphatic rings. The maximum absolute atomic E-state index is 11.1. The zero-order valence-electron chi connectivity index (χ0n) is 8.98. The number of Topliss-reactive ketones (excluding diaryl/α,β-unsaturated/α-hetero) is 1. The van der Waals surface area contributed by atoms with Crippen LogP contribution in [-0.2, 0) is 4.79 Å². The summed E-state index contributed by atoms with van der Waals surface area (Å²) in [5.41, 5.74) is 0.796. The molecule has 0 fully saturated rings. The van der Waals surface area contributed by atoms with E-state index in [9.17, 15) is 14.7 Å². The molecular weight excluding hydrogens is 212 g/mol. The minimum atomic E-state index is -1.10. The number of carbonyl (C=O) groups is 2. The molecule has 86 valence electrons. The lowest BCUT2D eigenvalue weighted by molar-refractivity contribution is -0.139. The summed E-state index contributed by atoms with van der Waals surface area (Å²) in [7, 11) is 0. The molecule has 1 rings (SSSR count). The Bertz CT molecular complexity index is 436. The molecule has 0 atom stereocenters. The minimum Gasteiger partial charge on any atom is -0.507 e. The van der Waals surface area contributed by atoms with Gasteiger partial charge in [-0.1, -0.05) is 0 Å². The third-order valence-corrected chi connectivity index (χ3v) is 2.02. The van der Waals surface area contributed by atoms with Crippen molar-refractivity contribution in [3.05, 3.63) is 23.3 Å². The first kappa shape index (κ1) is 12.0. The fourth-order valence-electron chi connectivity index (χ4n) is 1.25. The van der Waals surface area contributed by atoms with Crippen LogP contribution in [0.5, 0.6) is 11.5 Å². The molecule has 2 N–H and O–H groups in total. The molecule has 0 spiro atoms. The van der Waals surface area contributed by atoms with E-state index in [-0.39, 0.29) is 22.8 Å². The highest BCUT2D eigenvalue weighted by molar-refractivity contribution is 5.97. The molecule has 0 saturated heterocycles. The number of phenols is 1. The number of aromatic hydroxyl groups is 1. The van der Waals surface area contributed by atoms with E-state index in [1.807, 2.05) is 0 Å². The van der Waals surface area contributed by atoms with Crippen LogP contribution in [-0.4, -0.2) is 28.6 Å². The van der Waals surface area contributed by atoms with Crippen molar-refractivity contribution in [3.8, 4) is 11.5 Å². The average molecular weight is 224 g/mol. The fourth-order valence-corrected chi connectivity index (χ4v) is 1.25. The van der Waals surface area contributed by atoms with Gasteiger partial charge in [0.25, 0.3) is 0 Å². The number of carbonyl (C=O) groups excluding carboxylic acids is 1. The van der Waals surface area contributed by atoms with Gasteiger partial charge in [-0.05, 0) is 25.5 Å². The van der Waals surface area contributed by atoms with Gasteiger partial charge in [0.05, 0.1) is 5.56 Å². The Balaban J connectivity index is 3.01.